The van der Waals surface area contributed by atoms with Crippen molar-refractivity contribution in [1.29, 1.82) is 0 Å². The van der Waals surface area contributed by atoms with E-state index in [1.54, 1.807) is 6.08 Å². The predicted octanol–water partition coefficient (Wildman–Crippen LogP) is 2.07. The fourth-order valence-electron chi connectivity index (χ4n) is 2.62. The summed E-state index contributed by atoms with van der Waals surface area (Å²) in [6, 6.07) is 7.85. The van der Waals surface area contributed by atoms with Crippen molar-refractivity contribution in [2.75, 3.05) is 26.7 Å². The zero-order chi connectivity index (χ0) is 15.2. The summed E-state index contributed by atoms with van der Waals surface area (Å²) >= 11 is 0. The van der Waals surface area contributed by atoms with E-state index in [1.165, 1.54) is 0 Å². The molecule has 0 radical (unpaired) electrons. The van der Waals surface area contributed by atoms with Crippen molar-refractivity contribution in [2.24, 2.45) is 11.8 Å². The van der Waals surface area contributed by atoms with Gasteiger partial charge in [-0.2, -0.15) is 0 Å². The Bertz CT molecular complexity index is 484. The molecule has 1 aliphatic rings. The molecule has 1 aliphatic heterocycles. The number of nitrogens with one attached hydrogen (secondary N) is 1. The van der Waals surface area contributed by atoms with Crippen LogP contribution in [0.15, 0.2) is 36.9 Å². The Kier molecular flexibility index (Phi) is 5.39. The van der Waals surface area contributed by atoms with E-state index in [0.717, 1.165) is 24.4 Å². The molecule has 0 saturated carbocycles. The number of nitrogens with zero attached hydrogens (tertiary/aromatic N) is 1. The van der Waals surface area contributed by atoms with Gasteiger partial charge in [0.1, 0.15) is 12.4 Å². The second kappa shape index (κ2) is 7.27. The lowest BCUT2D eigenvalue weighted by Gasteiger charge is -2.23. The van der Waals surface area contributed by atoms with Gasteiger partial charge in [0.2, 0.25) is 5.91 Å². The normalized spacial score (nSPS) is 21.0. The van der Waals surface area contributed by atoms with Crippen LogP contribution < -0.4 is 10.1 Å². The molecule has 2 rings (SSSR count). The van der Waals surface area contributed by atoms with Gasteiger partial charge in [0.25, 0.3) is 0 Å². The minimum absolute atomic E-state index is 0.102. The van der Waals surface area contributed by atoms with E-state index in [1.807, 2.05) is 36.2 Å². The lowest BCUT2D eigenvalue weighted by atomic mass is 9.96. The number of carbonyl (C=O) groups excluding carboxylic acids is 1. The van der Waals surface area contributed by atoms with Crippen LogP contribution in [0.1, 0.15) is 12.5 Å². The number of rotatable bonds is 6. The van der Waals surface area contributed by atoms with Crippen LogP contribution in [0, 0.1) is 11.8 Å². The molecule has 1 aromatic rings. The van der Waals surface area contributed by atoms with Gasteiger partial charge in [0.15, 0.2) is 0 Å². The van der Waals surface area contributed by atoms with Crippen LogP contribution in [0.5, 0.6) is 5.75 Å². The van der Waals surface area contributed by atoms with E-state index >= 15 is 0 Å². The van der Waals surface area contributed by atoms with Gasteiger partial charge < -0.3 is 15.0 Å². The Hall–Kier alpha value is -1.81. The summed E-state index contributed by atoms with van der Waals surface area (Å²) in [7, 11) is 1.87. The third kappa shape index (κ3) is 4.08. The molecule has 1 saturated heterocycles. The number of carbonyl (C=O) groups is 1. The van der Waals surface area contributed by atoms with Gasteiger partial charge in [0, 0.05) is 20.1 Å². The highest BCUT2D eigenvalue weighted by Gasteiger charge is 2.31. The number of ether oxygens (including phenoxy) is 1. The molecule has 2 atom stereocenters. The molecular formula is C17H24N2O2. The van der Waals surface area contributed by atoms with Crippen molar-refractivity contribution in [3.05, 3.63) is 42.5 Å². The summed E-state index contributed by atoms with van der Waals surface area (Å²) in [5.74, 6) is 1.56. The van der Waals surface area contributed by atoms with Crippen LogP contribution in [0.2, 0.25) is 0 Å². The molecule has 114 valence electrons. The van der Waals surface area contributed by atoms with Gasteiger partial charge in [-0.15, -0.1) is 0 Å². The average Bonchev–Trinajstić information content (AvgIpc) is 2.92. The molecule has 0 bridgehead atoms. The highest BCUT2D eigenvalue weighted by molar-refractivity contribution is 5.79. The first-order valence-electron chi connectivity index (χ1n) is 7.40. The molecule has 4 nitrogen and oxygen atoms in total. The first kappa shape index (κ1) is 15.6. The van der Waals surface area contributed by atoms with Crippen LogP contribution in [0.3, 0.4) is 0 Å². The SMILES string of the molecule is C=CCOc1ccc(CN(C)C(=O)[C@@H]2CNC[C@H]2C)cc1. The highest BCUT2D eigenvalue weighted by atomic mass is 16.5. The van der Waals surface area contributed by atoms with Crippen molar-refractivity contribution < 1.29 is 9.53 Å². The lowest BCUT2D eigenvalue weighted by molar-refractivity contribution is -0.135. The maximum atomic E-state index is 12.4. The van der Waals surface area contributed by atoms with E-state index in [9.17, 15) is 4.79 Å². The highest BCUT2D eigenvalue weighted by Crippen LogP contribution is 2.20. The smallest absolute Gasteiger partial charge is 0.227 e. The van der Waals surface area contributed by atoms with Crippen LogP contribution in [0.4, 0.5) is 0 Å². The van der Waals surface area contributed by atoms with Crippen LogP contribution in [0.25, 0.3) is 0 Å². The quantitative estimate of drug-likeness (QED) is 0.815. The Morgan fingerprint density at radius 2 is 2.14 bits per heavy atom. The predicted molar refractivity (Wildman–Crippen MR) is 84.1 cm³/mol. The maximum absolute atomic E-state index is 12.4. The number of amides is 1. The minimum atomic E-state index is 0.102. The molecule has 0 unspecified atom stereocenters. The number of hydrogen-bond donors (Lipinski definition) is 1. The molecular weight excluding hydrogens is 264 g/mol. The standard InChI is InChI=1S/C17H24N2O2/c1-4-9-21-15-7-5-14(6-8-15)12-19(3)17(20)16-11-18-10-13(16)2/h4-8,13,16,18H,1,9-12H2,2-3H3/t13-,16-/m1/s1. The van der Waals surface area contributed by atoms with Gasteiger partial charge in [-0.25, -0.2) is 0 Å². The van der Waals surface area contributed by atoms with Gasteiger partial charge in [-0.3, -0.25) is 4.79 Å². The van der Waals surface area contributed by atoms with Gasteiger partial charge >= 0.3 is 0 Å². The minimum Gasteiger partial charge on any atom is -0.490 e. The topological polar surface area (TPSA) is 41.6 Å². The van der Waals surface area contributed by atoms with Gasteiger partial charge in [-0.05, 0) is 30.2 Å². The van der Waals surface area contributed by atoms with Crippen molar-refractivity contribution in [1.82, 2.24) is 10.2 Å². The Balaban J connectivity index is 1.91. The lowest BCUT2D eigenvalue weighted by Crippen LogP contribution is -2.35. The fraction of sp³-hybridized carbons (Fsp3) is 0.471. The van der Waals surface area contributed by atoms with Crippen molar-refractivity contribution in [3.63, 3.8) is 0 Å². The summed E-state index contributed by atoms with van der Waals surface area (Å²) in [6.07, 6.45) is 1.72. The second-order valence-electron chi connectivity index (χ2n) is 5.68. The Morgan fingerprint density at radius 1 is 1.43 bits per heavy atom. The zero-order valence-corrected chi connectivity index (χ0v) is 12.8. The summed E-state index contributed by atoms with van der Waals surface area (Å²) in [5, 5.41) is 3.28. The second-order valence-corrected chi connectivity index (χ2v) is 5.68. The van der Waals surface area contributed by atoms with Crippen LogP contribution in [-0.4, -0.2) is 37.6 Å². The van der Waals surface area contributed by atoms with Crippen LogP contribution in [-0.2, 0) is 11.3 Å². The summed E-state index contributed by atoms with van der Waals surface area (Å²) in [5.41, 5.74) is 1.11. The number of benzene rings is 1. The molecule has 1 aromatic carbocycles. The number of hydrogen-bond acceptors (Lipinski definition) is 3. The third-order valence-corrected chi connectivity index (χ3v) is 3.92. The van der Waals surface area contributed by atoms with Crippen molar-refractivity contribution >= 4 is 5.91 Å². The molecule has 1 heterocycles. The third-order valence-electron chi connectivity index (χ3n) is 3.92. The van der Waals surface area contributed by atoms with Gasteiger partial charge in [0.05, 0.1) is 5.92 Å². The molecule has 0 aliphatic carbocycles. The summed E-state index contributed by atoms with van der Waals surface area (Å²) < 4.78 is 5.45. The van der Waals surface area contributed by atoms with E-state index in [-0.39, 0.29) is 11.8 Å². The largest absolute Gasteiger partial charge is 0.490 e. The fourth-order valence-corrected chi connectivity index (χ4v) is 2.62. The molecule has 0 spiro atoms. The van der Waals surface area contributed by atoms with E-state index in [0.29, 0.717) is 19.1 Å². The molecule has 1 fully saturated rings. The van der Waals surface area contributed by atoms with Crippen molar-refractivity contribution in [3.8, 4) is 5.75 Å². The Labute approximate surface area is 126 Å². The van der Waals surface area contributed by atoms with Gasteiger partial charge in [-0.1, -0.05) is 31.7 Å². The molecule has 1 amide bonds. The average molecular weight is 288 g/mol. The van der Waals surface area contributed by atoms with E-state index < -0.39 is 0 Å². The molecule has 0 aromatic heterocycles. The molecule has 21 heavy (non-hydrogen) atoms. The summed E-state index contributed by atoms with van der Waals surface area (Å²) in [6.45, 7) is 8.60. The molecule has 4 heteroatoms. The molecule has 1 N–H and O–H groups in total. The first-order valence-corrected chi connectivity index (χ1v) is 7.40. The maximum Gasteiger partial charge on any atom is 0.227 e. The summed E-state index contributed by atoms with van der Waals surface area (Å²) in [4.78, 5) is 14.2. The van der Waals surface area contributed by atoms with Crippen LogP contribution >= 0.6 is 0 Å². The van der Waals surface area contributed by atoms with E-state index in [2.05, 4.69) is 18.8 Å². The monoisotopic (exact) mass is 288 g/mol. The first-order chi connectivity index (χ1) is 10.1. The van der Waals surface area contributed by atoms with Crippen molar-refractivity contribution in [2.45, 2.75) is 13.5 Å². The zero-order valence-electron chi connectivity index (χ0n) is 12.8. The Morgan fingerprint density at radius 3 is 2.71 bits per heavy atom. The van der Waals surface area contributed by atoms with E-state index in [4.69, 9.17) is 4.74 Å².